The summed E-state index contributed by atoms with van der Waals surface area (Å²) in [6.45, 7) is 0.246. The van der Waals surface area contributed by atoms with Crippen LogP contribution < -0.4 is 15.0 Å². The summed E-state index contributed by atoms with van der Waals surface area (Å²) in [5.74, 6) is 0.836. The van der Waals surface area contributed by atoms with E-state index in [2.05, 4.69) is 70.9 Å². The monoisotopic (exact) mass is 504 g/mol. The first-order chi connectivity index (χ1) is 18.7. The van der Waals surface area contributed by atoms with Gasteiger partial charge in [-0.25, -0.2) is 4.79 Å². The number of carbonyl (C=O) groups excluding carboxylic acids is 1. The Hall–Kier alpha value is -4.25. The number of alkyl carbamates (subject to hydrolysis) is 1. The molecule has 0 saturated carbocycles. The van der Waals surface area contributed by atoms with Gasteiger partial charge in [0.05, 0.1) is 25.2 Å². The first kappa shape index (κ1) is 24.1. The maximum atomic E-state index is 13.0. The first-order valence-corrected chi connectivity index (χ1v) is 13.3. The van der Waals surface area contributed by atoms with Gasteiger partial charge in [-0.05, 0) is 59.2 Å². The zero-order valence-electron chi connectivity index (χ0n) is 21.5. The molecule has 5 heteroatoms. The van der Waals surface area contributed by atoms with Gasteiger partial charge in [-0.3, -0.25) is 0 Å². The highest BCUT2D eigenvalue weighted by molar-refractivity contribution is 5.72. The number of rotatable bonds is 6. The molecule has 1 amide bonds. The minimum absolute atomic E-state index is 0.0829. The van der Waals surface area contributed by atoms with Crippen LogP contribution in [-0.2, 0) is 17.8 Å². The summed E-state index contributed by atoms with van der Waals surface area (Å²) in [6.07, 6.45) is 2.39. The number of hydrogen-bond acceptors (Lipinski definition) is 4. The number of hydrogen-bond donors (Lipinski definition) is 1. The van der Waals surface area contributed by atoms with Crippen molar-refractivity contribution in [2.45, 2.75) is 44.0 Å². The van der Waals surface area contributed by atoms with E-state index in [9.17, 15) is 4.79 Å². The molecule has 0 spiro atoms. The highest BCUT2D eigenvalue weighted by atomic mass is 16.5. The molecule has 192 valence electrons. The second-order valence-electron chi connectivity index (χ2n) is 10.0. The molecule has 2 heterocycles. The molecule has 2 aliphatic heterocycles. The van der Waals surface area contributed by atoms with Gasteiger partial charge in [-0.15, -0.1) is 0 Å². The number of para-hydroxylation sites is 1. The summed E-state index contributed by atoms with van der Waals surface area (Å²) in [4.78, 5) is 15.6. The minimum atomic E-state index is -0.395. The lowest BCUT2D eigenvalue weighted by Gasteiger charge is -2.50. The van der Waals surface area contributed by atoms with E-state index in [1.54, 1.807) is 7.11 Å². The fraction of sp³-hybridized carbons (Fsp3) is 0.242. The summed E-state index contributed by atoms with van der Waals surface area (Å²) >= 11 is 0. The molecule has 6 rings (SSSR count). The van der Waals surface area contributed by atoms with Gasteiger partial charge >= 0.3 is 6.09 Å². The molecular formula is C33H32N2O3. The first-order valence-electron chi connectivity index (χ1n) is 13.3. The van der Waals surface area contributed by atoms with E-state index in [-0.39, 0.29) is 24.7 Å². The molecule has 0 fully saturated rings. The molecular weight excluding hydrogens is 472 g/mol. The number of ether oxygens (including phenoxy) is 2. The van der Waals surface area contributed by atoms with Crippen molar-refractivity contribution in [3.05, 3.63) is 131 Å². The van der Waals surface area contributed by atoms with Crippen LogP contribution in [0.5, 0.6) is 5.75 Å². The smallest absolute Gasteiger partial charge is 0.407 e. The third-order valence-electron chi connectivity index (χ3n) is 7.79. The van der Waals surface area contributed by atoms with Gasteiger partial charge in [0, 0.05) is 5.69 Å². The van der Waals surface area contributed by atoms with E-state index in [1.807, 2.05) is 42.5 Å². The Morgan fingerprint density at radius 2 is 1.55 bits per heavy atom. The van der Waals surface area contributed by atoms with Crippen molar-refractivity contribution in [3.8, 4) is 5.75 Å². The summed E-state index contributed by atoms with van der Waals surface area (Å²) in [5, 5.41) is 3.21. The molecule has 4 aromatic rings. The normalized spacial score (nSPS) is 19.8. The van der Waals surface area contributed by atoms with Crippen molar-refractivity contribution in [1.29, 1.82) is 0 Å². The summed E-state index contributed by atoms with van der Waals surface area (Å²) < 4.78 is 11.1. The topological polar surface area (TPSA) is 50.8 Å². The van der Waals surface area contributed by atoms with Crippen molar-refractivity contribution in [3.63, 3.8) is 0 Å². The van der Waals surface area contributed by atoms with Crippen molar-refractivity contribution < 1.29 is 14.3 Å². The Balaban J connectivity index is 1.36. The van der Waals surface area contributed by atoms with Crippen LogP contribution in [-0.4, -0.2) is 13.2 Å². The SMILES string of the molecule is COc1ccc([C@@H]2C[C@H](NC(=O)OCc3ccccc3)c3cccc4c3N2[C@@H](c2ccccc2)CC4)cc1. The molecule has 0 saturated heterocycles. The lowest BCUT2D eigenvalue weighted by Crippen LogP contribution is -2.44. The average molecular weight is 505 g/mol. The highest BCUT2D eigenvalue weighted by Gasteiger charge is 2.41. The summed E-state index contributed by atoms with van der Waals surface area (Å²) in [6, 6.07) is 35.6. The Morgan fingerprint density at radius 3 is 2.29 bits per heavy atom. The molecule has 38 heavy (non-hydrogen) atoms. The number of nitrogens with zero attached hydrogens (tertiary/aromatic N) is 1. The van der Waals surface area contributed by atoms with Crippen LogP contribution in [0.15, 0.2) is 103 Å². The largest absolute Gasteiger partial charge is 0.497 e. The Bertz CT molecular complexity index is 1390. The fourth-order valence-electron chi connectivity index (χ4n) is 6.00. The second kappa shape index (κ2) is 10.6. The van der Waals surface area contributed by atoms with Gasteiger partial charge in [-0.1, -0.05) is 91.0 Å². The predicted molar refractivity (Wildman–Crippen MR) is 149 cm³/mol. The second-order valence-corrected chi connectivity index (χ2v) is 10.0. The van der Waals surface area contributed by atoms with Gasteiger partial charge < -0.3 is 19.7 Å². The third kappa shape index (κ3) is 4.72. The van der Waals surface area contributed by atoms with Crippen molar-refractivity contribution in [2.24, 2.45) is 0 Å². The number of anilines is 1. The number of carbonyl (C=O) groups is 1. The zero-order chi connectivity index (χ0) is 25.9. The van der Waals surface area contributed by atoms with Crippen molar-refractivity contribution in [1.82, 2.24) is 5.32 Å². The van der Waals surface area contributed by atoms with Gasteiger partial charge in [0.2, 0.25) is 0 Å². The molecule has 2 aliphatic rings. The third-order valence-corrected chi connectivity index (χ3v) is 7.79. The van der Waals surface area contributed by atoms with Crippen LogP contribution in [0, 0.1) is 0 Å². The minimum Gasteiger partial charge on any atom is -0.497 e. The Labute approximate surface area is 224 Å². The molecule has 0 bridgehead atoms. The van der Waals surface area contributed by atoms with E-state index in [0.717, 1.165) is 36.1 Å². The maximum Gasteiger partial charge on any atom is 0.407 e. The molecule has 5 nitrogen and oxygen atoms in total. The van der Waals surface area contributed by atoms with Crippen molar-refractivity contribution >= 4 is 11.8 Å². The number of benzene rings is 4. The molecule has 0 aromatic heterocycles. The Morgan fingerprint density at radius 1 is 0.842 bits per heavy atom. The van der Waals surface area contributed by atoms with E-state index in [0.29, 0.717) is 0 Å². The quantitative estimate of drug-likeness (QED) is 0.299. The van der Waals surface area contributed by atoms with E-state index < -0.39 is 6.09 Å². The van der Waals surface area contributed by atoms with Crippen LogP contribution in [0.2, 0.25) is 0 Å². The average Bonchev–Trinajstić information content (AvgIpc) is 2.98. The van der Waals surface area contributed by atoms with E-state index >= 15 is 0 Å². The number of amides is 1. The lowest BCUT2D eigenvalue weighted by atomic mass is 9.79. The molecule has 0 aliphatic carbocycles. The lowest BCUT2D eigenvalue weighted by molar-refractivity contribution is 0.134. The molecule has 3 atom stereocenters. The van der Waals surface area contributed by atoms with E-state index in [1.165, 1.54) is 22.4 Å². The van der Waals surface area contributed by atoms with Crippen LogP contribution in [0.25, 0.3) is 0 Å². The standard InChI is InChI=1S/C33H32N2O3/c1-37-27-18-15-25(16-19-27)31-21-29(34-33(36)38-22-23-9-4-2-5-10-23)28-14-8-13-26-17-20-30(35(31)32(26)28)24-11-6-3-7-12-24/h2-16,18-19,29-31H,17,20-22H2,1H3,(H,34,36)/t29-,30+,31-/m0/s1. The molecule has 0 radical (unpaired) electrons. The van der Waals surface area contributed by atoms with Crippen LogP contribution >= 0.6 is 0 Å². The fourth-order valence-corrected chi connectivity index (χ4v) is 6.00. The molecule has 1 N–H and O–H groups in total. The van der Waals surface area contributed by atoms with Gasteiger partial charge in [0.1, 0.15) is 12.4 Å². The Kier molecular flexibility index (Phi) is 6.74. The summed E-state index contributed by atoms with van der Waals surface area (Å²) in [5.41, 5.74) is 7.23. The van der Waals surface area contributed by atoms with Gasteiger partial charge in [-0.2, -0.15) is 0 Å². The van der Waals surface area contributed by atoms with Crippen LogP contribution in [0.3, 0.4) is 0 Å². The van der Waals surface area contributed by atoms with E-state index in [4.69, 9.17) is 9.47 Å². The highest BCUT2D eigenvalue weighted by Crippen LogP contribution is 2.53. The van der Waals surface area contributed by atoms with Gasteiger partial charge in [0.25, 0.3) is 0 Å². The number of methoxy groups -OCH3 is 1. The van der Waals surface area contributed by atoms with Crippen molar-refractivity contribution in [2.75, 3.05) is 12.0 Å². The maximum absolute atomic E-state index is 13.0. The summed E-state index contributed by atoms with van der Waals surface area (Å²) in [7, 11) is 1.69. The number of nitrogens with one attached hydrogen (secondary N) is 1. The predicted octanol–water partition coefficient (Wildman–Crippen LogP) is 7.30. The van der Waals surface area contributed by atoms with Crippen LogP contribution in [0.4, 0.5) is 10.5 Å². The number of aryl methyl sites for hydroxylation is 1. The van der Waals surface area contributed by atoms with Gasteiger partial charge in [0.15, 0.2) is 0 Å². The molecule has 0 unspecified atom stereocenters. The van der Waals surface area contributed by atoms with Crippen LogP contribution in [0.1, 0.15) is 58.8 Å². The molecule has 4 aromatic carbocycles. The zero-order valence-corrected chi connectivity index (χ0v) is 21.5.